The number of nitrogens with zero attached hydrogens (tertiary/aromatic N) is 2. The van der Waals surface area contributed by atoms with Gasteiger partial charge in [0.15, 0.2) is 5.11 Å². The average Bonchev–Trinajstić information content (AvgIpc) is 2.95. The highest BCUT2D eigenvalue weighted by Crippen LogP contribution is 2.31. The van der Waals surface area contributed by atoms with Crippen molar-refractivity contribution >= 4 is 34.4 Å². The number of fused-ring (bicyclic) bond motifs is 1. The lowest BCUT2D eigenvalue weighted by Crippen LogP contribution is -2.34. The fourth-order valence-corrected chi connectivity index (χ4v) is 3.11. The Labute approximate surface area is 158 Å². The Morgan fingerprint density at radius 1 is 1.15 bits per heavy atom. The molecule has 0 unspecified atom stereocenters. The molecule has 0 atom stereocenters. The van der Waals surface area contributed by atoms with Crippen LogP contribution >= 0.6 is 12.2 Å². The minimum Gasteiger partial charge on any atom is -0.383 e. The zero-order valence-corrected chi connectivity index (χ0v) is 15.7. The lowest BCUT2D eigenvalue weighted by atomic mass is 10.1. The maximum absolute atomic E-state index is 5.21. The Balaban J connectivity index is 1.92. The molecule has 3 rings (SSSR count). The summed E-state index contributed by atoms with van der Waals surface area (Å²) in [5, 5.41) is 8.99. The Hall–Kier alpha value is -2.70. The first-order valence-corrected chi connectivity index (χ1v) is 8.82. The van der Waals surface area contributed by atoms with Crippen LogP contribution in [0.15, 0.2) is 59.7 Å². The molecule has 0 aliphatic rings. The highest BCUT2D eigenvalue weighted by molar-refractivity contribution is 7.80. The fourth-order valence-electron chi connectivity index (χ4n) is 2.96. The number of nitrogens with one attached hydrogen (secondary N) is 2. The molecule has 5 nitrogen and oxygen atoms in total. The summed E-state index contributed by atoms with van der Waals surface area (Å²) in [5.41, 5.74) is 7.35. The van der Waals surface area contributed by atoms with Crippen LogP contribution in [0.4, 0.5) is 0 Å². The number of hydrogen-bond donors (Lipinski definition) is 2. The van der Waals surface area contributed by atoms with Crippen molar-refractivity contribution < 1.29 is 4.74 Å². The Bertz CT molecular complexity index is 918. The maximum Gasteiger partial charge on any atom is 0.187 e. The first-order chi connectivity index (χ1) is 12.7. The third kappa shape index (κ3) is 3.92. The molecule has 0 aliphatic carbocycles. The molecular weight excluding hydrogens is 344 g/mol. The second kappa shape index (κ2) is 8.60. The lowest BCUT2D eigenvalue weighted by molar-refractivity contribution is 0.204. The number of aromatic nitrogens is 1. The summed E-state index contributed by atoms with van der Waals surface area (Å²) in [4.78, 5) is 0. The average molecular weight is 366 g/mol. The molecule has 0 fully saturated rings. The van der Waals surface area contributed by atoms with Crippen molar-refractivity contribution in [2.45, 2.75) is 0 Å². The molecule has 6 heteroatoms. The van der Waals surface area contributed by atoms with E-state index >= 15 is 0 Å². The molecule has 1 aromatic heterocycles. The van der Waals surface area contributed by atoms with Crippen LogP contribution in [0.5, 0.6) is 0 Å². The maximum atomic E-state index is 5.21. The molecular formula is C20H22N4OS. The van der Waals surface area contributed by atoms with Crippen LogP contribution in [0.25, 0.3) is 22.2 Å². The van der Waals surface area contributed by atoms with Crippen LogP contribution in [-0.2, 0) is 11.8 Å². The highest BCUT2D eigenvalue weighted by Gasteiger charge is 2.14. The van der Waals surface area contributed by atoms with Gasteiger partial charge in [0.05, 0.1) is 18.5 Å². The van der Waals surface area contributed by atoms with Gasteiger partial charge >= 0.3 is 0 Å². The third-order valence-electron chi connectivity index (χ3n) is 4.14. The van der Waals surface area contributed by atoms with Crippen molar-refractivity contribution in [2.24, 2.45) is 12.1 Å². The van der Waals surface area contributed by atoms with Gasteiger partial charge in [0.2, 0.25) is 0 Å². The summed E-state index contributed by atoms with van der Waals surface area (Å²) in [6.07, 6.45) is 1.83. The number of benzene rings is 2. The predicted molar refractivity (Wildman–Crippen MR) is 112 cm³/mol. The van der Waals surface area contributed by atoms with Crippen LogP contribution in [0, 0.1) is 0 Å². The van der Waals surface area contributed by atoms with Gasteiger partial charge in [0.25, 0.3) is 0 Å². The zero-order chi connectivity index (χ0) is 18.4. The molecule has 26 heavy (non-hydrogen) atoms. The van der Waals surface area contributed by atoms with Gasteiger partial charge in [-0.3, -0.25) is 5.43 Å². The molecule has 1 heterocycles. The predicted octanol–water partition coefficient (Wildman–Crippen LogP) is 3.29. The molecule has 0 amide bonds. The summed E-state index contributed by atoms with van der Waals surface area (Å²) in [5.74, 6) is 0. The van der Waals surface area contributed by atoms with E-state index in [1.54, 1.807) is 7.11 Å². The molecule has 0 saturated heterocycles. The number of ether oxygens (including phenoxy) is 1. The summed E-state index contributed by atoms with van der Waals surface area (Å²) in [6, 6.07) is 18.6. The van der Waals surface area contributed by atoms with E-state index in [0.29, 0.717) is 18.3 Å². The van der Waals surface area contributed by atoms with Crippen molar-refractivity contribution in [3.63, 3.8) is 0 Å². The van der Waals surface area contributed by atoms with Gasteiger partial charge in [-0.05, 0) is 23.8 Å². The van der Waals surface area contributed by atoms with Crippen LogP contribution in [0.2, 0.25) is 0 Å². The van der Waals surface area contributed by atoms with E-state index in [4.69, 9.17) is 17.0 Å². The second-order valence-corrected chi connectivity index (χ2v) is 6.23. The summed E-state index contributed by atoms with van der Waals surface area (Å²) in [6.45, 7) is 1.23. The van der Waals surface area contributed by atoms with Crippen molar-refractivity contribution in [1.82, 2.24) is 15.3 Å². The van der Waals surface area contributed by atoms with Crippen LogP contribution in [0.3, 0.4) is 0 Å². The largest absolute Gasteiger partial charge is 0.383 e. The van der Waals surface area contributed by atoms with E-state index in [0.717, 1.165) is 27.7 Å². The first-order valence-electron chi connectivity index (χ1n) is 8.41. The minimum atomic E-state index is 0.472. The lowest BCUT2D eigenvalue weighted by Gasteiger charge is -2.07. The summed E-state index contributed by atoms with van der Waals surface area (Å²) < 4.78 is 7.19. The third-order valence-corrected chi connectivity index (χ3v) is 4.38. The molecule has 0 spiro atoms. The standard InChI is InChI=1S/C20H22N4OS/c1-24-18-11-7-6-10-16(18)17(19(24)15-8-4-3-5-9-15)14-22-23-20(26)21-12-13-25-2/h3-11,14H,12-13H2,1-2H3,(H2,21,23,26)/b22-14+. The minimum absolute atomic E-state index is 0.472. The molecule has 2 N–H and O–H groups in total. The van der Waals surface area contributed by atoms with Gasteiger partial charge in [0.1, 0.15) is 0 Å². The number of para-hydroxylation sites is 1. The summed E-state index contributed by atoms with van der Waals surface area (Å²) in [7, 11) is 3.73. The van der Waals surface area contributed by atoms with E-state index in [2.05, 4.69) is 51.7 Å². The Kier molecular flexibility index (Phi) is 5.99. The molecule has 3 aromatic rings. The van der Waals surface area contributed by atoms with Crippen LogP contribution in [-0.4, -0.2) is 36.2 Å². The number of hydrazone groups is 1. The molecule has 0 radical (unpaired) electrons. The van der Waals surface area contributed by atoms with Crippen molar-refractivity contribution in [2.75, 3.05) is 20.3 Å². The zero-order valence-electron chi connectivity index (χ0n) is 14.9. The number of aryl methyl sites for hydroxylation is 1. The molecule has 134 valence electrons. The smallest absolute Gasteiger partial charge is 0.187 e. The van der Waals surface area contributed by atoms with Crippen molar-refractivity contribution in [3.8, 4) is 11.3 Å². The van der Waals surface area contributed by atoms with Crippen molar-refractivity contribution in [3.05, 3.63) is 60.2 Å². The van der Waals surface area contributed by atoms with Gasteiger partial charge < -0.3 is 14.6 Å². The monoisotopic (exact) mass is 366 g/mol. The van der Waals surface area contributed by atoms with Gasteiger partial charge in [-0.1, -0.05) is 48.5 Å². The number of hydrogen-bond acceptors (Lipinski definition) is 3. The summed E-state index contributed by atoms with van der Waals surface area (Å²) >= 11 is 5.21. The quantitative estimate of drug-likeness (QED) is 0.304. The Morgan fingerprint density at radius 3 is 2.65 bits per heavy atom. The topological polar surface area (TPSA) is 50.6 Å². The number of rotatable bonds is 6. The first kappa shape index (κ1) is 18.1. The van der Waals surface area contributed by atoms with Gasteiger partial charge in [-0.2, -0.15) is 5.10 Å². The molecule has 0 aliphatic heterocycles. The van der Waals surface area contributed by atoms with E-state index in [-0.39, 0.29) is 0 Å². The second-order valence-electron chi connectivity index (χ2n) is 5.82. The highest BCUT2D eigenvalue weighted by atomic mass is 32.1. The van der Waals surface area contributed by atoms with E-state index in [1.807, 2.05) is 36.5 Å². The van der Waals surface area contributed by atoms with Gasteiger partial charge in [0, 0.05) is 37.2 Å². The van der Waals surface area contributed by atoms with Crippen LogP contribution < -0.4 is 10.7 Å². The molecule has 2 aromatic carbocycles. The number of thiocarbonyl (C=S) groups is 1. The number of methoxy groups -OCH3 is 1. The van der Waals surface area contributed by atoms with Gasteiger partial charge in [-0.15, -0.1) is 0 Å². The molecule has 0 saturated carbocycles. The fraction of sp³-hybridized carbons (Fsp3) is 0.200. The van der Waals surface area contributed by atoms with Crippen LogP contribution in [0.1, 0.15) is 5.56 Å². The van der Waals surface area contributed by atoms with Crippen molar-refractivity contribution in [1.29, 1.82) is 0 Å². The SMILES string of the molecule is COCCNC(=S)N/N=C/c1c(-c2ccccc2)n(C)c2ccccc12. The van der Waals surface area contributed by atoms with E-state index in [9.17, 15) is 0 Å². The van der Waals surface area contributed by atoms with E-state index in [1.165, 1.54) is 0 Å². The molecule has 0 bridgehead atoms. The Morgan fingerprint density at radius 2 is 1.88 bits per heavy atom. The van der Waals surface area contributed by atoms with Gasteiger partial charge in [-0.25, -0.2) is 0 Å². The van der Waals surface area contributed by atoms with E-state index < -0.39 is 0 Å². The normalized spacial score (nSPS) is 11.2.